The lowest BCUT2D eigenvalue weighted by Crippen LogP contribution is -2.47. The summed E-state index contributed by atoms with van der Waals surface area (Å²) in [5, 5.41) is 12.7. The first-order valence-electron chi connectivity index (χ1n) is 9.18. The van der Waals surface area contributed by atoms with Crippen LogP contribution in [-0.4, -0.2) is 48.1 Å². The summed E-state index contributed by atoms with van der Waals surface area (Å²) in [5.74, 6) is 1.34. The molecule has 1 amide bonds. The first-order chi connectivity index (χ1) is 12.1. The number of aryl methyl sites for hydroxylation is 1. The molecule has 1 saturated heterocycles. The molecular weight excluding hydrogens is 443 g/mol. The van der Waals surface area contributed by atoms with Crippen LogP contribution in [0, 0.1) is 5.92 Å². The molecule has 1 aliphatic heterocycles. The Morgan fingerprint density at radius 2 is 2.12 bits per heavy atom. The second-order valence-corrected chi connectivity index (χ2v) is 6.63. The largest absolute Gasteiger partial charge is 0.508 e. The van der Waals surface area contributed by atoms with Crippen molar-refractivity contribution >= 4 is 35.8 Å². The van der Waals surface area contributed by atoms with Gasteiger partial charge in [-0.25, -0.2) is 0 Å². The van der Waals surface area contributed by atoms with Crippen molar-refractivity contribution in [1.82, 2.24) is 10.2 Å². The number of benzene rings is 1. The van der Waals surface area contributed by atoms with Crippen LogP contribution in [0.25, 0.3) is 0 Å². The van der Waals surface area contributed by atoms with Gasteiger partial charge in [-0.3, -0.25) is 9.79 Å². The van der Waals surface area contributed by atoms with Gasteiger partial charge in [-0.1, -0.05) is 12.1 Å². The molecule has 1 atom stereocenters. The number of nitrogens with zero attached hydrogens (tertiary/aromatic N) is 2. The van der Waals surface area contributed by atoms with E-state index in [1.165, 1.54) is 5.56 Å². The topological polar surface area (TPSA) is 91.0 Å². The van der Waals surface area contributed by atoms with Gasteiger partial charge in [-0.15, -0.1) is 24.0 Å². The van der Waals surface area contributed by atoms with E-state index in [1.54, 1.807) is 12.1 Å². The highest BCUT2D eigenvalue weighted by atomic mass is 127. The number of hydrogen-bond acceptors (Lipinski definition) is 3. The monoisotopic (exact) mass is 474 g/mol. The van der Waals surface area contributed by atoms with Crippen LogP contribution < -0.4 is 11.1 Å². The van der Waals surface area contributed by atoms with Gasteiger partial charge in [-0.05, 0) is 56.2 Å². The summed E-state index contributed by atoms with van der Waals surface area (Å²) in [4.78, 5) is 18.2. The quantitative estimate of drug-likeness (QED) is 0.245. The second kappa shape index (κ2) is 12.0. The fraction of sp³-hybridized carbons (Fsp3) is 0.579. The second-order valence-electron chi connectivity index (χ2n) is 6.63. The normalized spacial score (nSPS) is 17.5. The molecule has 1 heterocycles. The molecule has 1 fully saturated rings. The molecule has 146 valence electrons. The summed E-state index contributed by atoms with van der Waals surface area (Å²) in [6.07, 6.45) is 4.47. The average molecular weight is 474 g/mol. The number of rotatable bonds is 7. The molecule has 1 unspecified atom stereocenters. The van der Waals surface area contributed by atoms with Crippen molar-refractivity contribution in [2.75, 3.05) is 26.2 Å². The number of phenols is 1. The summed E-state index contributed by atoms with van der Waals surface area (Å²) in [5.41, 5.74) is 6.55. The van der Waals surface area contributed by atoms with E-state index < -0.39 is 0 Å². The van der Waals surface area contributed by atoms with E-state index in [4.69, 9.17) is 10.7 Å². The predicted octanol–water partition coefficient (Wildman–Crippen LogP) is 2.50. The number of primary amides is 1. The number of nitrogens with two attached hydrogens (primary N) is 1. The van der Waals surface area contributed by atoms with Crippen LogP contribution in [0.2, 0.25) is 0 Å². The number of carbonyl (C=O) groups excluding carboxylic acids is 1. The van der Waals surface area contributed by atoms with E-state index in [0.29, 0.717) is 18.1 Å². The zero-order valence-corrected chi connectivity index (χ0v) is 17.8. The van der Waals surface area contributed by atoms with Gasteiger partial charge in [-0.2, -0.15) is 0 Å². The van der Waals surface area contributed by atoms with Gasteiger partial charge in [0.2, 0.25) is 5.91 Å². The summed E-state index contributed by atoms with van der Waals surface area (Å²) in [6.45, 7) is 5.45. The number of halogens is 1. The fourth-order valence-corrected chi connectivity index (χ4v) is 3.27. The van der Waals surface area contributed by atoms with Crippen molar-refractivity contribution in [2.24, 2.45) is 16.6 Å². The molecule has 4 N–H and O–H groups in total. The number of amides is 1. The first-order valence-corrected chi connectivity index (χ1v) is 9.18. The van der Waals surface area contributed by atoms with Crippen LogP contribution in [-0.2, 0) is 11.2 Å². The Hall–Kier alpha value is -1.51. The number of carbonyl (C=O) groups is 1. The predicted molar refractivity (Wildman–Crippen MR) is 116 cm³/mol. The van der Waals surface area contributed by atoms with Gasteiger partial charge >= 0.3 is 0 Å². The van der Waals surface area contributed by atoms with E-state index in [-0.39, 0.29) is 29.9 Å². The van der Waals surface area contributed by atoms with Crippen LogP contribution in [0.15, 0.2) is 29.3 Å². The van der Waals surface area contributed by atoms with Crippen molar-refractivity contribution in [2.45, 2.75) is 39.0 Å². The summed E-state index contributed by atoms with van der Waals surface area (Å²) in [7, 11) is 0. The lowest BCUT2D eigenvalue weighted by molar-refractivity contribution is -0.119. The van der Waals surface area contributed by atoms with E-state index in [0.717, 1.165) is 57.8 Å². The minimum Gasteiger partial charge on any atom is -0.508 e. The van der Waals surface area contributed by atoms with Gasteiger partial charge in [0.1, 0.15) is 5.75 Å². The Bertz CT molecular complexity index is 577. The third kappa shape index (κ3) is 7.80. The van der Waals surface area contributed by atoms with Gasteiger partial charge in [0.15, 0.2) is 5.96 Å². The highest BCUT2D eigenvalue weighted by Crippen LogP contribution is 2.19. The van der Waals surface area contributed by atoms with Crippen LogP contribution in [0.3, 0.4) is 0 Å². The van der Waals surface area contributed by atoms with Crippen LogP contribution in [0.1, 0.15) is 38.2 Å². The van der Waals surface area contributed by atoms with E-state index >= 15 is 0 Å². The van der Waals surface area contributed by atoms with Crippen molar-refractivity contribution < 1.29 is 9.90 Å². The third-order valence-electron chi connectivity index (χ3n) is 4.46. The molecule has 1 aliphatic rings. The molecule has 0 saturated carbocycles. The highest BCUT2D eigenvalue weighted by molar-refractivity contribution is 14.0. The molecule has 2 rings (SSSR count). The SMILES string of the molecule is CCNC(=NCCCc1ccc(O)cc1)N1CCCC(CC(N)=O)C1.I. The Labute approximate surface area is 173 Å². The summed E-state index contributed by atoms with van der Waals surface area (Å²) in [6, 6.07) is 7.33. The van der Waals surface area contributed by atoms with E-state index in [1.807, 2.05) is 12.1 Å². The number of likely N-dealkylation sites (tertiary alicyclic amines) is 1. The number of piperidine rings is 1. The smallest absolute Gasteiger partial charge is 0.217 e. The van der Waals surface area contributed by atoms with Gasteiger partial charge < -0.3 is 21.1 Å². The highest BCUT2D eigenvalue weighted by Gasteiger charge is 2.23. The molecule has 0 radical (unpaired) electrons. The molecular formula is C19H31IN4O2. The third-order valence-corrected chi connectivity index (χ3v) is 4.46. The Morgan fingerprint density at radius 3 is 2.77 bits per heavy atom. The fourth-order valence-electron chi connectivity index (χ4n) is 3.27. The molecule has 6 nitrogen and oxygen atoms in total. The zero-order chi connectivity index (χ0) is 18.1. The van der Waals surface area contributed by atoms with Crippen LogP contribution in [0.5, 0.6) is 5.75 Å². The maximum Gasteiger partial charge on any atom is 0.217 e. The molecule has 0 aliphatic carbocycles. The van der Waals surface area contributed by atoms with Crippen molar-refractivity contribution in [3.05, 3.63) is 29.8 Å². The van der Waals surface area contributed by atoms with Crippen LogP contribution >= 0.6 is 24.0 Å². The molecule has 0 aromatic heterocycles. The molecule has 1 aromatic carbocycles. The summed E-state index contributed by atoms with van der Waals surface area (Å²) >= 11 is 0. The zero-order valence-electron chi connectivity index (χ0n) is 15.5. The number of aromatic hydroxyl groups is 1. The molecule has 0 spiro atoms. The van der Waals surface area contributed by atoms with Crippen LogP contribution in [0.4, 0.5) is 0 Å². The van der Waals surface area contributed by atoms with Crippen molar-refractivity contribution in [3.63, 3.8) is 0 Å². The number of guanidine groups is 1. The Morgan fingerprint density at radius 1 is 1.38 bits per heavy atom. The summed E-state index contributed by atoms with van der Waals surface area (Å²) < 4.78 is 0. The number of hydrogen-bond donors (Lipinski definition) is 3. The molecule has 1 aromatic rings. The maximum absolute atomic E-state index is 11.2. The lowest BCUT2D eigenvalue weighted by Gasteiger charge is -2.34. The molecule has 26 heavy (non-hydrogen) atoms. The minimum absolute atomic E-state index is 0. The average Bonchev–Trinajstić information content (AvgIpc) is 2.59. The lowest BCUT2D eigenvalue weighted by atomic mass is 9.95. The van der Waals surface area contributed by atoms with Gasteiger partial charge in [0, 0.05) is 32.6 Å². The standard InChI is InChI=1S/C19H30N4O2.HI/c1-2-21-19(23-12-4-6-16(14-23)13-18(20)25)22-11-3-5-15-7-9-17(24)10-8-15;/h7-10,16,24H,2-6,11-14H2,1H3,(H2,20,25)(H,21,22);1H. The van der Waals surface area contributed by atoms with Crippen molar-refractivity contribution in [3.8, 4) is 5.75 Å². The Kier molecular flexibility index (Phi) is 10.4. The minimum atomic E-state index is -0.220. The number of aliphatic imine (C=N–C) groups is 1. The van der Waals surface area contributed by atoms with Gasteiger partial charge in [0.05, 0.1) is 0 Å². The molecule has 7 heteroatoms. The van der Waals surface area contributed by atoms with E-state index in [2.05, 4.69) is 17.1 Å². The molecule has 0 bridgehead atoms. The van der Waals surface area contributed by atoms with E-state index in [9.17, 15) is 9.90 Å². The number of nitrogens with one attached hydrogen (secondary N) is 1. The maximum atomic E-state index is 11.2. The Balaban J connectivity index is 0.00000338. The number of phenolic OH excluding ortho intramolecular Hbond substituents is 1. The van der Waals surface area contributed by atoms with Crippen molar-refractivity contribution in [1.29, 1.82) is 0 Å². The van der Waals surface area contributed by atoms with Gasteiger partial charge in [0.25, 0.3) is 0 Å². The first kappa shape index (κ1) is 22.5.